The van der Waals surface area contributed by atoms with Crippen LogP contribution in [0.3, 0.4) is 0 Å². The molecule has 2 atom stereocenters. The molecular weight excluding hydrogens is 400 g/mol. The molecule has 0 saturated carbocycles. The molecule has 0 N–H and O–H groups in total. The summed E-state index contributed by atoms with van der Waals surface area (Å²) in [4.78, 5) is 10.6. The third-order valence-corrected chi connectivity index (χ3v) is 9.32. The summed E-state index contributed by atoms with van der Waals surface area (Å²) in [6.45, 7) is 14.7. The molecule has 4 aliphatic rings. The van der Waals surface area contributed by atoms with E-state index in [0.717, 1.165) is 0 Å². The average Bonchev–Trinajstić information content (AvgIpc) is 3.51. The van der Waals surface area contributed by atoms with Gasteiger partial charge in [0.1, 0.15) is 0 Å². The number of aryl methyl sites for hydroxylation is 2. The smallest absolute Gasteiger partial charge is 0.0473 e. The molecule has 2 unspecified atom stereocenters. The Morgan fingerprint density at radius 2 is 1.24 bits per heavy atom. The normalized spacial score (nSPS) is 23.6. The standard InChI is InChI=1S/C31H42N2/c1-18-13-15-23-27(21-10-8-12-25(21)32-28(18)23)31(5,6)17-19-14-16-22-26(30(2,3)4)20-9-7-11-24(20)33-29(19)22/h18-19H,7-17H2,1-6H3. The second-order valence-corrected chi connectivity index (χ2v) is 13.3. The predicted molar refractivity (Wildman–Crippen MR) is 137 cm³/mol. The van der Waals surface area contributed by atoms with Gasteiger partial charge in [0.25, 0.3) is 0 Å². The molecule has 2 aromatic heterocycles. The summed E-state index contributed by atoms with van der Waals surface area (Å²) in [6.07, 6.45) is 13.7. The van der Waals surface area contributed by atoms with Crippen LogP contribution >= 0.6 is 0 Å². The molecular formula is C31H42N2. The highest BCUT2D eigenvalue weighted by molar-refractivity contribution is 5.52. The summed E-state index contributed by atoms with van der Waals surface area (Å²) in [7, 11) is 0. The van der Waals surface area contributed by atoms with Gasteiger partial charge >= 0.3 is 0 Å². The molecule has 176 valence electrons. The number of pyridine rings is 2. The summed E-state index contributed by atoms with van der Waals surface area (Å²) in [6, 6.07) is 0. The van der Waals surface area contributed by atoms with E-state index in [9.17, 15) is 0 Å². The molecule has 0 radical (unpaired) electrons. The predicted octanol–water partition coefficient (Wildman–Crippen LogP) is 7.20. The van der Waals surface area contributed by atoms with Crippen LogP contribution in [0.25, 0.3) is 0 Å². The lowest BCUT2D eigenvalue weighted by atomic mass is 9.72. The van der Waals surface area contributed by atoms with Crippen molar-refractivity contribution in [2.24, 2.45) is 0 Å². The lowest BCUT2D eigenvalue weighted by Crippen LogP contribution is -2.25. The molecule has 0 saturated heterocycles. The zero-order valence-corrected chi connectivity index (χ0v) is 21.8. The Kier molecular flexibility index (Phi) is 4.89. The molecule has 0 bridgehead atoms. The van der Waals surface area contributed by atoms with Crippen molar-refractivity contribution in [2.45, 2.75) is 135 Å². The van der Waals surface area contributed by atoms with Crippen LogP contribution in [-0.2, 0) is 49.4 Å². The minimum absolute atomic E-state index is 0.181. The first-order valence-electron chi connectivity index (χ1n) is 13.7. The van der Waals surface area contributed by atoms with Crippen molar-refractivity contribution >= 4 is 0 Å². The lowest BCUT2D eigenvalue weighted by molar-refractivity contribution is 0.412. The Morgan fingerprint density at radius 3 is 1.91 bits per heavy atom. The molecule has 33 heavy (non-hydrogen) atoms. The number of hydrogen-bond acceptors (Lipinski definition) is 2. The monoisotopic (exact) mass is 442 g/mol. The fourth-order valence-corrected chi connectivity index (χ4v) is 8.13. The van der Waals surface area contributed by atoms with Crippen LogP contribution in [0.15, 0.2) is 0 Å². The fraction of sp³-hybridized carbons (Fsp3) is 0.677. The third kappa shape index (κ3) is 3.34. The van der Waals surface area contributed by atoms with Crippen molar-refractivity contribution in [3.63, 3.8) is 0 Å². The van der Waals surface area contributed by atoms with E-state index in [1.807, 2.05) is 0 Å². The first-order chi connectivity index (χ1) is 15.6. The Hall–Kier alpha value is -1.70. The maximum Gasteiger partial charge on any atom is 0.0473 e. The van der Waals surface area contributed by atoms with E-state index in [-0.39, 0.29) is 10.8 Å². The van der Waals surface area contributed by atoms with Crippen molar-refractivity contribution in [2.75, 3.05) is 0 Å². The van der Waals surface area contributed by atoms with Crippen molar-refractivity contribution in [3.8, 4) is 0 Å². The molecule has 2 aromatic rings. The zero-order chi connectivity index (χ0) is 23.1. The van der Waals surface area contributed by atoms with Gasteiger partial charge < -0.3 is 0 Å². The molecule has 2 heterocycles. The summed E-state index contributed by atoms with van der Waals surface area (Å²) >= 11 is 0. The summed E-state index contributed by atoms with van der Waals surface area (Å²) in [5.74, 6) is 1.23. The minimum atomic E-state index is 0.181. The molecule has 4 aliphatic carbocycles. The van der Waals surface area contributed by atoms with Gasteiger partial charge in [-0.05, 0) is 121 Å². The van der Waals surface area contributed by atoms with Crippen LogP contribution < -0.4 is 0 Å². The SMILES string of the molecule is CC1CCc2c1nc1c(c2C(C)(C)CC2CCc3c2nc2c(c3C(C)(C)C)CCC2)CCC1. The molecule has 2 nitrogen and oxygen atoms in total. The highest BCUT2D eigenvalue weighted by atomic mass is 14.8. The molecule has 0 fully saturated rings. The van der Waals surface area contributed by atoms with Gasteiger partial charge in [0.05, 0.1) is 0 Å². The van der Waals surface area contributed by atoms with Crippen LogP contribution in [0.5, 0.6) is 0 Å². The Labute approximate surface area is 201 Å². The number of nitrogens with zero attached hydrogens (tertiary/aromatic N) is 2. The summed E-state index contributed by atoms with van der Waals surface area (Å²) in [5.41, 5.74) is 16.0. The van der Waals surface area contributed by atoms with Gasteiger partial charge in [0.15, 0.2) is 0 Å². The lowest BCUT2D eigenvalue weighted by Gasteiger charge is -2.33. The Morgan fingerprint density at radius 1 is 0.667 bits per heavy atom. The maximum absolute atomic E-state index is 5.41. The Bertz CT molecular complexity index is 1130. The van der Waals surface area contributed by atoms with Crippen molar-refractivity contribution < 1.29 is 0 Å². The van der Waals surface area contributed by atoms with Crippen molar-refractivity contribution in [1.82, 2.24) is 9.97 Å². The molecule has 0 aliphatic heterocycles. The third-order valence-electron chi connectivity index (χ3n) is 9.32. The highest BCUT2D eigenvalue weighted by Gasteiger charge is 2.40. The van der Waals surface area contributed by atoms with E-state index in [2.05, 4.69) is 41.5 Å². The molecule has 2 heteroatoms. The second-order valence-electron chi connectivity index (χ2n) is 13.3. The van der Waals surface area contributed by atoms with Gasteiger partial charge in [0, 0.05) is 28.7 Å². The second kappa shape index (κ2) is 7.40. The van der Waals surface area contributed by atoms with E-state index in [1.54, 1.807) is 33.4 Å². The van der Waals surface area contributed by atoms with Crippen LogP contribution in [0.1, 0.15) is 142 Å². The number of hydrogen-bond donors (Lipinski definition) is 0. The van der Waals surface area contributed by atoms with E-state index >= 15 is 0 Å². The van der Waals surface area contributed by atoms with Crippen LogP contribution in [-0.4, -0.2) is 9.97 Å². The summed E-state index contributed by atoms with van der Waals surface area (Å²) in [5, 5.41) is 0. The van der Waals surface area contributed by atoms with Gasteiger partial charge in [-0.25, -0.2) is 0 Å². The van der Waals surface area contributed by atoms with E-state index in [0.29, 0.717) is 11.8 Å². The number of aromatic nitrogens is 2. The number of rotatable bonds is 3. The molecule has 0 amide bonds. The van der Waals surface area contributed by atoms with E-state index < -0.39 is 0 Å². The molecule has 0 aromatic carbocycles. The van der Waals surface area contributed by atoms with Gasteiger partial charge in [0.2, 0.25) is 0 Å². The van der Waals surface area contributed by atoms with Gasteiger partial charge in [-0.15, -0.1) is 0 Å². The number of fused-ring (bicyclic) bond motifs is 4. The van der Waals surface area contributed by atoms with Crippen LogP contribution in [0.4, 0.5) is 0 Å². The van der Waals surface area contributed by atoms with Gasteiger partial charge in [-0.1, -0.05) is 41.5 Å². The van der Waals surface area contributed by atoms with Gasteiger partial charge in [-0.3, -0.25) is 9.97 Å². The molecule has 6 rings (SSSR count). The minimum Gasteiger partial charge on any atom is -0.257 e. The zero-order valence-electron chi connectivity index (χ0n) is 21.8. The van der Waals surface area contributed by atoms with Crippen LogP contribution in [0.2, 0.25) is 0 Å². The maximum atomic E-state index is 5.41. The fourth-order valence-electron chi connectivity index (χ4n) is 8.13. The topological polar surface area (TPSA) is 25.8 Å². The van der Waals surface area contributed by atoms with Crippen LogP contribution in [0, 0.1) is 0 Å². The highest BCUT2D eigenvalue weighted by Crippen LogP contribution is 2.50. The first kappa shape index (κ1) is 21.8. The van der Waals surface area contributed by atoms with E-state index in [4.69, 9.17) is 9.97 Å². The van der Waals surface area contributed by atoms with Gasteiger partial charge in [-0.2, -0.15) is 0 Å². The Balaban J connectivity index is 1.42. The largest absolute Gasteiger partial charge is 0.257 e. The molecule has 0 spiro atoms. The average molecular weight is 443 g/mol. The van der Waals surface area contributed by atoms with Crippen molar-refractivity contribution in [1.29, 1.82) is 0 Å². The van der Waals surface area contributed by atoms with Crippen molar-refractivity contribution in [3.05, 3.63) is 56.2 Å². The quantitative estimate of drug-likeness (QED) is 0.502. The first-order valence-corrected chi connectivity index (χ1v) is 13.7. The van der Waals surface area contributed by atoms with E-state index in [1.165, 1.54) is 93.4 Å². The summed E-state index contributed by atoms with van der Waals surface area (Å²) < 4.78 is 0.